The Morgan fingerprint density at radius 1 is 1.04 bits per heavy atom. The van der Waals surface area contributed by atoms with E-state index in [1.165, 1.54) is 0 Å². The van der Waals surface area contributed by atoms with E-state index in [0.29, 0.717) is 30.8 Å². The van der Waals surface area contributed by atoms with Gasteiger partial charge in [-0.05, 0) is 79.6 Å². The van der Waals surface area contributed by atoms with Crippen molar-refractivity contribution in [2.45, 2.75) is 140 Å². The number of unbranched alkanes of at least 4 members (excludes halogenated alkanes) is 1. The largest absolute Gasteiger partial charge is 0.389 e. The highest BCUT2D eigenvalue weighted by Gasteiger charge is 2.45. The van der Waals surface area contributed by atoms with E-state index in [0.717, 1.165) is 50.4 Å². The van der Waals surface area contributed by atoms with Crippen LogP contribution in [0.5, 0.6) is 0 Å². The molecular formula is C37H60O8S2. The maximum absolute atomic E-state index is 13.5. The van der Waals surface area contributed by atoms with Gasteiger partial charge in [-0.1, -0.05) is 85.2 Å². The van der Waals surface area contributed by atoms with Crippen LogP contribution in [-0.2, 0) is 33.6 Å². The number of rotatable bonds is 20. The molecule has 2 saturated heterocycles. The van der Waals surface area contributed by atoms with E-state index in [1.807, 2.05) is 6.92 Å². The minimum absolute atomic E-state index is 0.00737. The summed E-state index contributed by atoms with van der Waals surface area (Å²) < 4.78 is 69.6. The van der Waals surface area contributed by atoms with E-state index in [2.05, 4.69) is 40.9 Å². The second-order valence-corrected chi connectivity index (χ2v) is 17.9. The van der Waals surface area contributed by atoms with Crippen molar-refractivity contribution in [3.8, 4) is 0 Å². The van der Waals surface area contributed by atoms with Gasteiger partial charge in [-0.2, -0.15) is 8.42 Å². The topological polar surface area (TPSA) is 116 Å². The lowest BCUT2D eigenvalue weighted by Crippen LogP contribution is -2.32. The average Bonchev–Trinajstić information content (AvgIpc) is 3.51. The molecule has 3 rings (SSSR count). The number of aliphatic hydroxyl groups is 1. The molecule has 2 aliphatic heterocycles. The molecule has 2 unspecified atom stereocenters. The quantitative estimate of drug-likeness (QED) is 0.112. The third-order valence-corrected chi connectivity index (χ3v) is 12.7. The molecule has 8 nitrogen and oxygen atoms in total. The molecule has 2 fully saturated rings. The van der Waals surface area contributed by atoms with Gasteiger partial charge in [0, 0.05) is 12.3 Å². The zero-order chi connectivity index (χ0) is 34.9. The second-order valence-electron chi connectivity index (χ2n) is 14.3. The molecule has 0 saturated carbocycles. The van der Waals surface area contributed by atoms with Gasteiger partial charge in [0.2, 0.25) is 0 Å². The molecule has 10 atom stereocenters. The lowest BCUT2D eigenvalue weighted by molar-refractivity contribution is -0.00400. The van der Waals surface area contributed by atoms with Gasteiger partial charge in [-0.25, -0.2) is 8.42 Å². The summed E-state index contributed by atoms with van der Waals surface area (Å²) >= 11 is 0. The van der Waals surface area contributed by atoms with Gasteiger partial charge in [-0.15, -0.1) is 0 Å². The summed E-state index contributed by atoms with van der Waals surface area (Å²) in [4.78, 5) is 0.287. The number of hydrogen-bond donors (Lipinski definition) is 1. The predicted octanol–water partition coefficient (Wildman–Crippen LogP) is 7.28. The molecule has 47 heavy (non-hydrogen) atoms. The summed E-state index contributed by atoms with van der Waals surface area (Å²) in [6.07, 6.45) is 6.43. The first-order chi connectivity index (χ1) is 22.0. The van der Waals surface area contributed by atoms with Crippen molar-refractivity contribution in [1.29, 1.82) is 0 Å². The highest BCUT2D eigenvalue weighted by Crippen LogP contribution is 2.41. The van der Waals surface area contributed by atoms with E-state index < -0.39 is 38.3 Å². The van der Waals surface area contributed by atoms with Gasteiger partial charge >= 0.3 is 0 Å². The van der Waals surface area contributed by atoms with Gasteiger partial charge in [0.1, 0.15) is 0 Å². The van der Waals surface area contributed by atoms with Gasteiger partial charge < -0.3 is 14.6 Å². The van der Waals surface area contributed by atoms with E-state index in [9.17, 15) is 21.9 Å². The normalized spacial score (nSPS) is 27.9. The summed E-state index contributed by atoms with van der Waals surface area (Å²) in [5.41, 5.74) is 1.60. The minimum Gasteiger partial charge on any atom is -0.389 e. The molecule has 0 aromatic heterocycles. The van der Waals surface area contributed by atoms with Crippen LogP contribution in [0.3, 0.4) is 0 Å². The van der Waals surface area contributed by atoms with Crippen LogP contribution >= 0.6 is 0 Å². The lowest BCUT2D eigenvalue weighted by Gasteiger charge is -2.28. The first-order valence-corrected chi connectivity index (χ1v) is 21.0. The summed E-state index contributed by atoms with van der Waals surface area (Å²) in [6.45, 7) is 18.9. The van der Waals surface area contributed by atoms with Gasteiger partial charge in [0.15, 0.2) is 9.84 Å². The molecule has 0 bridgehead atoms. The van der Waals surface area contributed by atoms with Crippen molar-refractivity contribution >= 4 is 20.0 Å². The van der Waals surface area contributed by atoms with Crippen molar-refractivity contribution in [3.63, 3.8) is 0 Å². The third kappa shape index (κ3) is 12.1. The van der Waals surface area contributed by atoms with Gasteiger partial charge in [0.25, 0.3) is 10.1 Å². The molecule has 1 aromatic carbocycles. The third-order valence-electron chi connectivity index (χ3n) is 10.3. The standard InChI is InChI=1S/C37H60O8S2/c1-9-11-15-30-22-27(5)35(43-30)19-18-31(45-46(8,39)40)21-26(4)28(6)34(38)23-37-33(29(7)36(44-37)20-25(3)10-2)24-47(41,42)32-16-13-12-14-17-32/h12-14,16-17,25-26,29-31,33-38H,5-6,9-11,15,18-24H2,1-4,7-8H3/t25-,26-,29-,30+,31-,33-,34-,35?,36?,37+/m1/s1. The van der Waals surface area contributed by atoms with E-state index in [-0.39, 0.29) is 53.1 Å². The number of benzene rings is 1. The molecule has 0 radical (unpaired) electrons. The Morgan fingerprint density at radius 3 is 2.34 bits per heavy atom. The molecule has 2 aliphatic rings. The second kappa shape index (κ2) is 17.9. The van der Waals surface area contributed by atoms with Crippen LogP contribution in [0.15, 0.2) is 59.5 Å². The smallest absolute Gasteiger partial charge is 0.264 e. The molecular weight excluding hydrogens is 637 g/mol. The molecule has 1 N–H and O–H groups in total. The Morgan fingerprint density at radius 2 is 1.72 bits per heavy atom. The van der Waals surface area contributed by atoms with Crippen LogP contribution in [0.1, 0.15) is 98.8 Å². The van der Waals surface area contributed by atoms with Crippen molar-refractivity contribution in [2.75, 3.05) is 12.0 Å². The van der Waals surface area contributed by atoms with E-state index >= 15 is 0 Å². The number of ether oxygens (including phenoxy) is 2. The average molecular weight is 697 g/mol. The Balaban J connectivity index is 1.68. The zero-order valence-corrected chi connectivity index (χ0v) is 31.1. The van der Waals surface area contributed by atoms with Crippen molar-refractivity contribution in [1.82, 2.24) is 0 Å². The molecule has 0 spiro atoms. The Bertz CT molecular complexity index is 1360. The van der Waals surface area contributed by atoms with Crippen LogP contribution in [0, 0.1) is 23.7 Å². The van der Waals surface area contributed by atoms with Gasteiger partial charge in [-0.3, -0.25) is 4.18 Å². The molecule has 0 amide bonds. The summed E-state index contributed by atoms with van der Waals surface area (Å²) in [5, 5.41) is 11.4. The van der Waals surface area contributed by atoms with Crippen LogP contribution in [-0.4, -0.2) is 70.6 Å². The first-order valence-electron chi connectivity index (χ1n) is 17.6. The number of aliphatic hydroxyl groups excluding tert-OH is 1. The van der Waals surface area contributed by atoms with Crippen LogP contribution in [0.4, 0.5) is 0 Å². The van der Waals surface area contributed by atoms with Crippen molar-refractivity contribution in [2.24, 2.45) is 23.7 Å². The number of sulfone groups is 1. The maximum Gasteiger partial charge on any atom is 0.264 e. The Kier molecular flexibility index (Phi) is 15.2. The van der Waals surface area contributed by atoms with Gasteiger partial charge in [0.05, 0.1) is 53.5 Å². The van der Waals surface area contributed by atoms with E-state index in [4.69, 9.17) is 13.7 Å². The number of hydrogen-bond acceptors (Lipinski definition) is 8. The molecule has 2 heterocycles. The van der Waals surface area contributed by atoms with Crippen molar-refractivity contribution < 1.29 is 35.6 Å². The molecule has 268 valence electrons. The Hall–Kier alpha value is -1.56. The zero-order valence-electron chi connectivity index (χ0n) is 29.5. The summed E-state index contributed by atoms with van der Waals surface area (Å²) in [5.74, 6) is -0.204. The first kappa shape index (κ1) is 39.9. The minimum atomic E-state index is -3.72. The summed E-state index contributed by atoms with van der Waals surface area (Å²) in [6, 6.07) is 8.48. The molecule has 1 aromatic rings. The highest BCUT2D eigenvalue weighted by atomic mass is 32.2. The lowest BCUT2D eigenvalue weighted by atomic mass is 9.83. The SMILES string of the molecule is C=C1C[C@H](CCCC)OC1CC[C@H](C[C@@H](C)C(=C)[C@H](O)C[C@@H]1OC(C[C@H](C)CC)[C@H](C)[C@H]1CS(=O)(=O)c1ccccc1)OS(C)(=O)=O. The predicted molar refractivity (Wildman–Crippen MR) is 188 cm³/mol. The van der Waals surface area contributed by atoms with Crippen molar-refractivity contribution in [3.05, 3.63) is 54.6 Å². The van der Waals surface area contributed by atoms with Crippen LogP contribution in [0.2, 0.25) is 0 Å². The fraction of sp³-hybridized carbons (Fsp3) is 0.730. The molecule has 0 aliphatic carbocycles. The fourth-order valence-electron chi connectivity index (χ4n) is 7.07. The maximum atomic E-state index is 13.5. The van der Waals surface area contributed by atoms with Crippen LogP contribution in [0.25, 0.3) is 0 Å². The molecule has 10 heteroatoms. The van der Waals surface area contributed by atoms with E-state index in [1.54, 1.807) is 30.3 Å². The monoisotopic (exact) mass is 696 g/mol. The fourth-order valence-corrected chi connectivity index (χ4v) is 9.53. The Labute approximate surface area is 285 Å². The van der Waals surface area contributed by atoms with Crippen LogP contribution < -0.4 is 0 Å². The summed E-state index contributed by atoms with van der Waals surface area (Å²) in [7, 11) is -7.29. The highest BCUT2D eigenvalue weighted by molar-refractivity contribution is 7.91.